The summed E-state index contributed by atoms with van der Waals surface area (Å²) in [4.78, 5) is 27.5. The minimum absolute atomic E-state index is 0. The lowest BCUT2D eigenvalue weighted by Crippen LogP contribution is -2.15. The summed E-state index contributed by atoms with van der Waals surface area (Å²) in [7, 11) is 0. The first kappa shape index (κ1) is 19.7. The first-order chi connectivity index (χ1) is 12.1. The number of aryl methyl sites for hydroxylation is 1. The van der Waals surface area contributed by atoms with Crippen LogP contribution in [0.15, 0.2) is 42.5 Å². The van der Waals surface area contributed by atoms with Crippen molar-refractivity contribution in [3.05, 3.63) is 59.2 Å². The molecule has 1 aliphatic carbocycles. The molecule has 0 saturated carbocycles. The molecule has 0 radical (unpaired) electrons. The van der Waals surface area contributed by atoms with E-state index in [0.29, 0.717) is 5.56 Å². The molecule has 6 nitrogen and oxygen atoms in total. The maximum Gasteiger partial charge on any atom is 0.516 e. The summed E-state index contributed by atoms with van der Waals surface area (Å²) in [6.07, 6.45) is 6.41. The molecule has 0 saturated heterocycles. The molecule has 2 aromatic rings. The van der Waals surface area contributed by atoms with Crippen LogP contribution < -0.4 is 0 Å². The normalized spacial score (nSPS) is 12.8. The highest BCUT2D eigenvalue weighted by Gasteiger charge is 2.20. The topological polar surface area (TPSA) is 70.4 Å². The number of imidazole rings is 1. The molecule has 0 bridgehead atoms. The van der Waals surface area contributed by atoms with Gasteiger partial charge in [0.1, 0.15) is 0 Å². The third kappa shape index (κ3) is 4.32. The highest BCUT2D eigenvalue weighted by molar-refractivity contribution is 5.96. The number of esters is 1. The number of carbonyl (C=O) groups is 2. The predicted octanol–water partition coefficient (Wildman–Crippen LogP) is 4.04. The standard InChI is InChI=1S/C19H20N2O4.ClH/c1-3-24-19(23)25-18(22)15-6-4-14-5-7-16(13(2)17(14)10-15)11-21-9-8-20-12-21;/h4,6,8-10,12H,3,5,7,11H2,1-2H3;1H. The first-order valence-electron chi connectivity index (χ1n) is 8.25. The van der Waals surface area contributed by atoms with Gasteiger partial charge < -0.3 is 14.0 Å². The fourth-order valence-electron chi connectivity index (χ4n) is 3.01. The number of carbonyl (C=O) groups excluding carboxylic acids is 2. The molecule has 138 valence electrons. The zero-order valence-corrected chi connectivity index (χ0v) is 15.5. The van der Waals surface area contributed by atoms with Gasteiger partial charge in [-0.15, -0.1) is 12.4 Å². The third-order valence-electron chi connectivity index (χ3n) is 4.35. The van der Waals surface area contributed by atoms with Gasteiger partial charge in [0.2, 0.25) is 0 Å². The van der Waals surface area contributed by atoms with Gasteiger partial charge in [-0.1, -0.05) is 6.07 Å². The lowest BCUT2D eigenvalue weighted by atomic mass is 9.85. The Labute approximate surface area is 158 Å². The van der Waals surface area contributed by atoms with E-state index in [1.807, 2.05) is 16.8 Å². The number of fused-ring (bicyclic) bond motifs is 1. The van der Waals surface area contributed by atoms with Crippen LogP contribution in [-0.2, 0) is 22.4 Å². The molecular formula is C19H21ClN2O4. The molecule has 0 N–H and O–H groups in total. The summed E-state index contributed by atoms with van der Waals surface area (Å²) in [6.45, 7) is 4.66. The van der Waals surface area contributed by atoms with Crippen LogP contribution in [0.3, 0.4) is 0 Å². The maximum atomic E-state index is 12.1. The second-order valence-electron chi connectivity index (χ2n) is 5.91. The van der Waals surface area contributed by atoms with Crippen LogP contribution in [0.2, 0.25) is 0 Å². The van der Waals surface area contributed by atoms with Crippen molar-refractivity contribution in [3.63, 3.8) is 0 Å². The average Bonchev–Trinajstić information content (AvgIpc) is 3.10. The fourth-order valence-corrected chi connectivity index (χ4v) is 3.01. The van der Waals surface area contributed by atoms with Crippen molar-refractivity contribution in [2.45, 2.75) is 33.2 Å². The van der Waals surface area contributed by atoms with Gasteiger partial charge in [-0.05, 0) is 61.1 Å². The van der Waals surface area contributed by atoms with Crippen LogP contribution in [0.25, 0.3) is 5.57 Å². The SMILES string of the molecule is CCOC(=O)OC(=O)c1ccc2c(c1)C(C)=C(Cn1ccnc1)CC2.Cl. The third-order valence-corrected chi connectivity index (χ3v) is 4.35. The van der Waals surface area contributed by atoms with Crippen molar-refractivity contribution >= 4 is 30.1 Å². The molecule has 1 aliphatic rings. The van der Waals surface area contributed by atoms with Gasteiger partial charge in [0.15, 0.2) is 0 Å². The molecule has 3 rings (SSSR count). The van der Waals surface area contributed by atoms with Crippen molar-refractivity contribution in [3.8, 4) is 0 Å². The molecule has 0 aliphatic heterocycles. The van der Waals surface area contributed by atoms with Crippen LogP contribution in [0.4, 0.5) is 4.79 Å². The molecule has 0 spiro atoms. The highest BCUT2D eigenvalue weighted by Crippen LogP contribution is 2.32. The van der Waals surface area contributed by atoms with Crippen molar-refractivity contribution in [2.75, 3.05) is 6.61 Å². The number of benzene rings is 1. The fraction of sp³-hybridized carbons (Fsp3) is 0.316. The van der Waals surface area contributed by atoms with Gasteiger partial charge >= 0.3 is 12.1 Å². The molecule has 0 atom stereocenters. The maximum absolute atomic E-state index is 12.1. The monoisotopic (exact) mass is 376 g/mol. The van der Waals surface area contributed by atoms with E-state index >= 15 is 0 Å². The molecular weight excluding hydrogens is 356 g/mol. The van der Waals surface area contributed by atoms with E-state index in [-0.39, 0.29) is 19.0 Å². The lowest BCUT2D eigenvalue weighted by Gasteiger charge is -2.22. The van der Waals surface area contributed by atoms with Crippen LogP contribution in [-0.4, -0.2) is 28.3 Å². The summed E-state index contributed by atoms with van der Waals surface area (Å²) in [6, 6.07) is 5.41. The number of halogens is 1. The number of ether oxygens (including phenoxy) is 2. The molecule has 1 aromatic heterocycles. The van der Waals surface area contributed by atoms with Crippen molar-refractivity contribution < 1.29 is 19.1 Å². The second-order valence-corrected chi connectivity index (χ2v) is 5.91. The first-order valence-corrected chi connectivity index (χ1v) is 8.25. The van der Waals surface area contributed by atoms with Crippen molar-refractivity contribution in [1.82, 2.24) is 9.55 Å². The lowest BCUT2D eigenvalue weighted by molar-refractivity contribution is 0.0401. The van der Waals surface area contributed by atoms with Gasteiger partial charge in [0.25, 0.3) is 0 Å². The zero-order valence-electron chi connectivity index (χ0n) is 14.7. The number of hydrogen-bond donors (Lipinski definition) is 0. The number of hydrogen-bond acceptors (Lipinski definition) is 5. The summed E-state index contributed by atoms with van der Waals surface area (Å²) >= 11 is 0. The quantitative estimate of drug-likeness (QED) is 0.595. The molecule has 0 amide bonds. The van der Waals surface area contributed by atoms with E-state index in [0.717, 1.165) is 30.5 Å². The number of rotatable bonds is 4. The minimum atomic E-state index is -0.974. The van der Waals surface area contributed by atoms with Crippen molar-refractivity contribution in [1.29, 1.82) is 0 Å². The molecule has 26 heavy (non-hydrogen) atoms. The van der Waals surface area contributed by atoms with Crippen LogP contribution in [0.1, 0.15) is 41.8 Å². The van der Waals surface area contributed by atoms with Crippen LogP contribution in [0.5, 0.6) is 0 Å². The van der Waals surface area contributed by atoms with Gasteiger partial charge in [0, 0.05) is 18.9 Å². The van der Waals surface area contributed by atoms with Gasteiger partial charge in [0.05, 0.1) is 18.5 Å². The minimum Gasteiger partial charge on any atom is -0.434 e. The van der Waals surface area contributed by atoms with E-state index in [1.165, 1.54) is 11.1 Å². The molecule has 0 fully saturated rings. The van der Waals surface area contributed by atoms with Crippen LogP contribution in [0, 0.1) is 0 Å². The largest absolute Gasteiger partial charge is 0.516 e. The zero-order chi connectivity index (χ0) is 17.8. The number of allylic oxidation sites excluding steroid dienone is 2. The molecule has 1 aromatic carbocycles. The van der Waals surface area contributed by atoms with Gasteiger partial charge in [-0.3, -0.25) is 0 Å². The molecule has 0 unspecified atom stereocenters. The van der Waals surface area contributed by atoms with E-state index in [9.17, 15) is 9.59 Å². The molecule has 7 heteroatoms. The summed E-state index contributed by atoms with van der Waals surface area (Å²) in [5, 5.41) is 0. The Kier molecular flexibility index (Phi) is 6.58. The average molecular weight is 377 g/mol. The smallest absolute Gasteiger partial charge is 0.434 e. The summed E-state index contributed by atoms with van der Waals surface area (Å²) in [5.74, 6) is -0.698. The van der Waals surface area contributed by atoms with Gasteiger partial charge in [-0.25, -0.2) is 14.6 Å². The Hall–Kier alpha value is -2.60. The number of nitrogens with zero attached hydrogens (tertiary/aromatic N) is 2. The Morgan fingerprint density at radius 2 is 2.08 bits per heavy atom. The van der Waals surface area contributed by atoms with E-state index in [1.54, 1.807) is 31.6 Å². The van der Waals surface area contributed by atoms with E-state index < -0.39 is 12.1 Å². The van der Waals surface area contributed by atoms with Crippen LogP contribution >= 0.6 is 12.4 Å². The Bertz CT molecular complexity index is 828. The van der Waals surface area contributed by atoms with E-state index in [4.69, 9.17) is 0 Å². The Balaban J connectivity index is 0.00000243. The van der Waals surface area contributed by atoms with Crippen molar-refractivity contribution in [2.24, 2.45) is 0 Å². The Morgan fingerprint density at radius 3 is 2.77 bits per heavy atom. The van der Waals surface area contributed by atoms with Gasteiger partial charge in [-0.2, -0.15) is 0 Å². The Morgan fingerprint density at radius 1 is 1.27 bits per heavy atom. The highest BCUT2D eigenvalue weighted by atomic mass is 35.5. The molecule has 1 heterocycles. The second kappa shape index (κ2) is 8.67. The van der Waals surface area contributed by atoms with E-state index in [2.05, 4.69) is 21.4 Å². The summed E-state index contributed by atoms with van der Waals surface area (Å²) in [5.41, 5.74) is 5.02. The summed E-state index contributed by atoms with van der Waals surface area (Å²) < 4.78 is 11.4. The predicted molar refractivity (Wildman–Crippen MR) is 99.3 cm³/mol. The number of aromatic nitrogens is 2.